The summed E-state index contributed by atoms with van der Waals surface area (Å²) in [5.41, 5.74) is 2.10. The van der Waals surface area contributed by atoms with E-state index in [0.717, 1.165) is 23.5 Å². The van der Waals surface area contributed by atoms with E-state index in [-0.39, 0.29) is 5.92 Å². The molecule has 2 heterocycles. The smallest absolute Gasteiger partial charge is 0.388 e. The second kappa shape index (κ2) is 11.5. The average Bonchev–Trinajstić information content (AvgIpc) is 2.63. The molecular formula is C20H30F3N3. The van der Waals surface area contributed by atoms with Gasteiger partial charge < -0.3 is 5.32 Å². The van der Waals surface area contributed by atoms with Crippen molar-refractivity contribution in [1.29, 1.82) is 0 Å². The van der Waals surface area contributed by atoms with E-state index in [0.29, 0.717) is 11.6 Å². The highest BCUT2D eigenvalue weighted by atomic mass is 19.4. The highest BCUT2D eigenvalue weighted by Gasteiger charge is 2.30. The van der Waals surface area contributed by atoms with Crippen molar-refractivity contribution in [2.24, 2.45) is 0 Å². The third-order valence-corrected chi connectivity index (χ3v) is 3.36. The summed E-state index contributed by atoms with van der Waals surface area (Å²) in [6.07, 6.45) is -1.24. The van der Waals surface area contributed by atoms with E-state index in [1.807, 2.05) is 47.0 Å². The third-order valence-electron chi connectivity index (χ3n) is 3.36. The molecule has 2 aromatic rings. The first-order valence-corrected chi connectivity index (χ1v) is 8.82. The van der Waals surface area contributed by atoms with Crippen molar-refractivity contribution in [3.8, 4) is 0 Å². The number of anilines is 1. The monoisotopic (exact) mass is 369 g/mol. The van der Waals surface area contributed by atoms with Crippen molar-refractivity contribution < 1.29 is 13.2 Å². The topological polar surface area (TPSA) is 37.8 Å². The fourth-order valence-corrected chi connectivity index (χ4v) is 1.86. The van der Waals surface area contributed by atoms with Crippen LogP contribution in [0.3, 0.4) is 0 Å². The molecule has 0 unspecified atom stereocenters. The number of nitrogens with one attached hydrogen (secondary N) is 1. The Morgan fingerprint density at radius 2 is 1.31 bits per heavy atom. The maximum absolute atomic E-state index is 12.2. The molecule has 0 aliphatic rings. The van der Waals surface area contributed by atoms with Gasteiger partial charge in [0, 0.05) is 36.5 Å². The number of nitrogens with zero attached hydrogens (tertiary/aromatic N) is 2. The fourth-order valence-electron chi connectivity index (χ4n) is 1.86. The molecule has 26 heavy (non-hydrogen) atoms. The lowest BCUT2D eigenvalue weighted by atomic mass is 10.1. The molecule has 0 saturated heterocycles. The van der Waals surface area contributed by atoms with Crippen LogP contribution in [-0.4, -0.2) is 17.0 Å². The Hall–Kier alpha value is -2.11. The lowest BCUT2D eigenvalue weighted by Crippen LogP contribution is -2.06. The van der Waals surface area contributed by atoms with Gasteiger partial charge in [-0.15, -0.1) is 0 Å². The lowest BCUT2D eigenvalue weighted by Gasteiger charge is -2.09. The lowest BCUT2D eigenvalue weighted by molar-refractivity contribution is -0.137. The van der Waals surface area contributed by atoms with Gasteiger partial charge in [-0.1, -0.05) is 41.5 Å². The van der Waals surface area contributed by atoms with Crippen LogP contribution in [0.1, 0.15) is 70.3 Å². The zero-order chi connectivity index (χ0) is 20.3. The normalized spacial score (nSPS) is 10.6. The minimum absolute atomic E-state index is 0.0160. The summed E-state index contributed by atoms with van der Waals surface area (Å²) in [5, 5.41) is 3.08. The van der Waals surface area contributed by atoms with Crippen LogP contribution in [-0.2, 0) is 6.18 Å². The zero-order valence-corrected chi connectivity index (χ0v) is 16.6. The first kappa shape index (κ1) is 23.9. The molecule has 0 bridgehead atoms. The van der Waals surface area contributed by atoms with Gasteiger partial charge in [0.15, 0.2) is 0 Å². The molecule has 6 heteroatoms. The van der Waals surface area contributed by atoms with Crippen LogP contribution in [0, 0.1) is 0 Å². The van der Waals surface area contributed by atoms with Gasteiger partial charge in [0.05, 0.1) is 5.56 Å². The van der Waals surface area contributed by atoms with E-state index in [9.17, 15) is 13.2 Å². The van der Waals surface area contributed by atoms with Crippen molar-refractivity contribution >= 4 is 5.69 Å². The molecule has 0 amide bonds. The first-order valence-electron chi connectivity index (χ1n) is 8.82. The van der Waals surface area contributed by atoms with Gasteiger partial charge >= 0.3 is 6.18 Å². The molecule has 0 aliphatic heterocycles. The van der Waals surface area contributed by atoms with Crippen LogP contribution in [0.25, 0.3) is 0 Å². The second-order valence-electron chi connectivity index (χ2n) is 6.00. The molecule has 0 radical (unpaired) electrons. The molecule has 2 aromatic heterocycles. The van der Waals surface area contributed by atoms with Gasteiger partial charge in [-0.05, 0) is 36.1 Å². The Bertz CT molecular complexity index is 638. The van der Waals surface area contributed by atoms with E-state index in [2.05, 4.69) is 35.2 Å². The quantitative estimate of drug-likeness (QED) is 0.671. The van der Waals surface area contributed by atoms with Crippen LogP contribution in [0.15, 0.2) is 36.7 Å². The highest BCUT2D eigenvalue weighted by Crippen LogP contribution is 2.30. The van der Waals surface area contributed by atoms with Crippen LogP contribution < -0.4 is 5.32 Å². The maximum atomic E-state index is 12.2. The van der Waals surface area contributed by atoms with Gasteiger partial charge in [0.2, 0.25) is 0 Å². The molecule has 3 nitrogen and oxygen atoms in total. The summed E-state index contributed by atoms with van der Waals surface area (Å²) in [5.74, 6) is 0.519. The third kappa shape index (κ3) is 8.32. The molecular weight excluding hydrogens is 339 g/mol. The van der Waals surface area contributed by atoms with Crippen LogP contribution in [0.5, 0.6) is 0 Å². The van der Waals surface area contributed by atoms with Gasteiger partial charge in [0.25, 0.3) is 0 Å². The van der Waals surface area contributed by atoms with Crippen molar-refractivity contribution in [3.05, 3.63) is 53.6 Å². The Balaban J connectivity index is 0.000000444. The summed E-state index contributed by atoms with van der Waals surface area (Å²) < 4.78 is 36.6. The summed E-state index contributed by atoms with van der Waals surface area (Å²) in [6, 6.07) is 6.10. The summed E-state index contributed by atoms with van der Waals surface area (Å²) in [6.45, 7) is 11.9. The Morgan fingerprint density at radius 3 is 1.73 bits per heavy atom. The number of rotatable bonds is 3. The number of halogens is 3. The number of aromatic nitrogens is 2. The van der Waals surface area contributed by atoms with Crippen molar-refractivity contribution in [3.63, 3.8) is 0 Å². The fraction of sp³-hybridized carbons (Fsp3) is 0.500. The summed E-state index contributed by atoms with van der Waals surface area (Å²) >= 11 is 0. The van der Waals surface area contributed by atoms with E-state index < -0.39 is 11.7 Å². The molecule has 0 aliphatic carbocycles. The van der Waals surface area contributed by atoms with Crippen molar-refractivity contribution in [1.82, 2.24) is 9.97 Å². The summed E-state index contributed by atoms with van der Waals surface area (Å²) in [7, 11) is 1.92. The Labute approximate surface area is 155 Å². The predicted molar refractivity (Wildman–Crippen MR) is 103 cm³/mol. The number of alkyl halides is 3. The minimum Gasteiger partial charge on any atom is -0.388 e. The van der Waals surface area contributed by atoms with Crippen LogP contribution >= 0.6 is 0 Å². The number of hydrogen-bond donors (Lipinski definition) is 1. The van der Waals surface area contributed by atoms with E-state index >= 15 is 0 Å². The molecule has 1 N–H and O–H groups in total. The van der Waals surface area contributed by atoms with Crippen molar-refractivity contribution in [2.45, 2.75) is 59.6 Å². The average molecular weight is 369 g/mol. The molecule has 2 rings (SSSR count). The highest BCUT2D eigenvalue weighted by molar-refractivity contribution is 5.42. The molecule has 146 valence electrons. The van der Waals surface area contributed by atoms with Gasteiger partial charge in [0.1, 0.15) is 0 Å². The summed E-state index contributed by atoms with van der Waals surface area (Å²) in [4.78, 5) is 8.10. The molecule has 0 spiro atoms. The standard InChI is InChI=1S/C9H10F3N.C9H14N2.C2H6/c1-6(2)8-5-7(3-4-13-8)9(10,11)12;1-7(2)9-6-8(10-3)4-5-11-9;1-2/h3-6H,1-2H3;4-7H,1-3H3,(H,10,11);1-2H3. The van der Waals surface area contributed by atoms with E-state index in [1.54, 1.807) is 0 Å². The van der Waals surface area contributed by atoms with Gasteiger partial charge in [-0.25, -0.2) is 0 Å². The molecule has 0 atom stereocenters. The molecule has 0 saturated carbocycles. The Morgan fingerprint density at radius 1 is 0.846 bits per heavy atom. The number of hydrogen-bond acceptors (Lipinski definition) is 3. The van der Waals surface area contributed by atoms with Crippen LogP contribution in [0.4, 0.5) is 18.9 Å². The Kier molecular flexibility index (Phi) is 10.6. The maximum Gasteiger partial charge on any atom is 0.416 e. The first-order chi connectivity index (χ1) is 12.1. The second-order valence-corrected chi connectivity index (χ2v) is 6.00. The molecule has 0 aromatic carbocycles. The van der Waals surface area contributed by atoms with Gasteiger partial charge in [-0.3, -0.25) is 9.97 Å². The number of pyridine rings is 2. The van der Waals surface area contributed by atoms with Gasteiger partial charge in [-0.2, -0.15) is 13.2 Å². The largest absolute Gasteiger partial charge is 0.416 e. The minimum atomic E-state index is -4.27. The predicted octanol–water partition coefficient (Wildman–Crippen LogP) is 6.50. The van der Waals surface area contributed by atoms with Crippen molar-refractivity contribution in [2.75, 3.05) is 12.4 Å². The van der Waals surface area contributed by atoms with Crippen LogP contribution in [0.2, 0.25) is 0 Å². The zero-order valence-electron chi connectivity index (χ0n) is 16.6. The van der Waals surface area contributed by atoms with E-state index in [4.69, 9.17) is 0 Å². The SMILES string of the molecule is CC.CC(C)c1cc(C(F)(F)F)ccn1.CNc1ccnc(C(C)C)c1. The molecule has 0 fully saturated rings. The van der Waals surface area contributed by atoms with E-state index in [1.165, 1.54) is 6.20 Å².